The summed E-state index contributed by atoms with van der Waals surface area (Å²) in [6, 6.07) is 4.42. The van der Waals surface area contributed by atoms with E-state index in [4.69, 9.17) is 0 Å². The zero-order valence-electron chi connectivity index (χ0n) is 11.6. The molecule has 1 aliphatic carbocycles. The lowest BCUT2D eigenvalue weighted by Crippen LogP contribution is -2.31. The Morgan fingerprint density at radius 3 is 2.45 bits per heavy atom. The van der Waals surface area contributed by atoms with Gasteiger partial charge in [-0.2, -0.15) is 13.2 Å². The van der Waals surface area contributed by atoms with E-state index in [9.17, 15) is 13.2 Å². The van der Waals surface area contributed by atoms with Crippen molar-refractivity contribution in [3.8, 4) is 0 Å². The number of benzene rings is 1. The van der Waals surface area contributed by atoms with Crippen LogP contribution in [-0.4, -0.2) is 6.04 Å². The maximum atomic E-state index is 13.1. The van der Waals surface area contributed by atoms with Gasteiger partial charge in [-0.15, -0.1) is 0 Å². The lowest BCUT2D eigenvalue weighted by Gasteiger charge is -2.33. The average Bonchev–Trinajstić information content (AvgIpc) is 2.35. The first-order valence-electron chi connectivity index (χ1n) is 6.90. The van der Waals surface area contributed by atoms with Gasteiger partial charge in [0.15, 0.2) is 0 Å². The monoisotopic (exact) mass is 349 g/mol. The van der Waals surface area contributed by atoms with Crippen LogP contribution >= 0.6 is 15.9 Å². The molecule has 0 heterocycles. The fraction of sp³-hybridized carbons (Fsp3) is 0.600. The Bertz CT molecular complexity index is 473. The molecule has 2 rings (SSSR count). The van der Waals surface area contributed by atoms with E-state index in [0.29, 0.717) is 16.3 Å². The summed E-state index contributed by atoms with van der Waals surface area (Å²) in [6.45, 7) is 4.38. The standard InChI is InChI=1S/C15H19BrF3N/c1-9-3-5-12(7-10(9)2)20-14-6-4-11(16)8-13(14)15(17,18)19/h4,6,8-10,12,20H,3,5,7H2,1-2H3. The molecular weight excluding hydrogens is 331 g/mol. The summed E-state index contributed by atoms with van der Waals surface area (Å²) in [4.78, 5) is 0. The van der Waals surface area contributed by atoms with E-state index in [0.717, 1.165) is 25.3 Å². The third-order valence-corrected chi connectivity index (χ3v) is 4.74. The molecule has 1 aliphatic rings. The quantitative estimate of drug-likeness (QED) is 0.721. The first-order chi connectivity index (χ1) is 9.27. The van der Waals surface area contributed by atoms with Crippen LogP contribution in [0.4, 0.5) is 18.9 Å². The van der Waals surface area contributed by atoms with Gasteiger partial charge in [-0.3, -0.25) is 0 Å². The normalized spacial score (nSPS) is 27.4. The maximum absolute atomic E-state index is 13.1. The van der Waals surface area contributed by atoms with Gasteiger partial charge >= 0.3 is 6.18 Å². The summed E-state index contributed by atoms with van der Waals surface area (Å²) in [5.41, 5.74) is -0.411. The predicted octanol–water partition coefficient (Wildman–Crippen LogP) is 5.70. The summed E-state index contributed by atoms with van der Waals surface area (Å²) in [5.74, 6) is 1.20. The second-order valence-electron chi connectivity index (χ2n) is 5.80. The Kier molecular flexibility index (Phi) is 4.67. The zero-order chi connectivity index (χ0) is 14.9. The van der Waals surface area contributed by atoms with E-state index in [2.05, 4.69) is 35.1 Å². The average molecular weight is 350 g/mol. The number of hydrogen-bond acceptors (Lipinski definition) is 1. The van der Waals surface area contributed by atoms with Crippen molar-refractivity contribution in [3.05, 3.63) is 28.2 Å². The fourth-order valence-electron chi connectivity index (χ4n) is 2.78. The lowest BCUT2D eigenvalue weighted by molar-refractivity contribution is -0.137. The smallest absolute Gasteiger partial charge is 0.382 e. The van der Waals surface area contributed by atoms with E-state index < -0.39 is 11.7 Å². The highest BCUT2D eigenvalue weighted by Crippen LogP contribution is 2.38. The Morgan fingerprint density at radius 2 is 1.85 bits per heavy atom. The van der Waals surface area contributed by atoms with E-state index in [1.54, 1.807) is 6.07 Å². The highest BCUT2D eigenvalue weighted by Gasteiger charge is 2.34. The van der Waals surface area contributed by atoms with Crippen LogP contribution in [-0.2, 0) is 6.18 Å². The van der Waals surface area contributed by atoms with Crippen molar-refractivity contribution in [2.24, 2.45) is 11.8 Å². The zero-order valence-corrected chi connectivity index (χ0v) is 13.2. The highest BCUT2D eigenvalue weighted by atomic mass is 79.9. The van der Waals surface area contributed by atoms with E-state index in [1.807, 2.05) is 0 Å². The van der Waals surface area contributed by atoms with Crippen molar-refractivity contribution in [2.75, 3.05) is 5.32 Å². The Morgan fingerprint density at radius 1 is 1.15 bits per heavy atom. The van der Waals surface area contributed by atoms with Gasteiger partial charge in [0.25, 0.3) is 0 Å². The highest BCUT2D eigenvalue weighted by molar-refractivity contribution is 9.10. The molecule has 3 atom stereocenters. The molecule has 1 aromatic rings. The fourth-order valence-corrected chi connectivity index (χ4v) is 3.14. The molecule has 0 aromatic heterocycles. The van der Waals surface area contributed by atoms with Gasteiger partial charge in [-0.05, 0) is 49.3 Å². The van der Waals surface area contributed by atoms with E-state index >= 15 is 0 Å². The molecule has 0 amide bonds. The molecule has 1 fully saturated rings. The number of halogens is 4. The van der Waals surface area contributed by atoms with Crippen LogP contribution in [0.25, 0.3) is 0 Å². The second kappa shape index (κ2) is 5.96. The van der Waals surface area contributed by atoms with E-state index in [1.165, 1.54) is 6.07 Å². The van der Waals surface area contributed by atoms with Gasteiger partial charge in [-0.1, -0.05) is 29.8 Å². The molecular formula is C15H19BrF3N. The van der Waals surface area contributed by atoms with Crippen molar-refractivity contribution in [1.82, 2.24) is 0 Å². The Balaban J connectivity index is 2.17. The molecule has 1 N–H and O–H groups in total. The number of alkyl halides is 3. The maximum Gasteiger partial charge on any atom is 0.418 e. The molecule has 0 spiro atoms. The van der Waals surface area contributed by atoms with Gasteiger partial charge in [0.1, 0.15) is 0 Å². The number of nitrogens with one attached hydrogen (secondary N) is 1. The molecule has 0 radical (unpaired) electrons. The minimum Gasteiger partial charge on any atom is -0.382 e. The summed E-state index contributed by atoms with van der Waals surface area (Å²) >= 11 is 3.10. The van der Waals surface area contributed by atoms with Crippen molar-refractivity contribution in [1.29, 1.82) is 0 Å². The van der Waals surface area contributed by atoms with Crippen LogP contribution in [0.15, 0.2) is 22.7 Å². The second-order valence-corrected chi connectivity index (χ2v) is 6.71. The molecule has 112 valence electrons. The molecule has 0 saturated heterocycles. The first kappa shape index (κ1) is 15.7. The predicted molar refractivity (Wildman–Crippen MR) is 78.7 cm³/mol. The molecule has 20 heavy (non-hydrogen) atoms. The van der Waals surface area contributed by atoms with Gasteiger partial charge in [0.05, 0.1) is 5.56 Å². The molecule has 5 heteroatoms. The number of anilines is 1. The van der Waals surface area contributed by atoms with Crippen LogP contribution in [0, 0.1) is 11.8 Å². The van der Waals surface area contributed by atoms with Crippen molar-refractivity contribution in [3.63, 3.8) is 0 Å². The summed E-state index contributed by atoms with van der Waals surface area (Å²) in [6.07, 6.45) is -1.41. The van der Waals surface area contributed by atoms with Gasteiger partial charge in [0.2, 0.25) is 0 Å². The number of hydrogen-bond donors (Lipinski definition) is 1. The Hall–Kier alpha value is -0.710. The molecule has 1 nitrogen and oxygen atoms in total. The largest absolute Gasteiger partial charge is 0.418 e. The van der Waals surface area contributed by atoms with Crippen LogP contribution in [0.5, 0.6) is 0 Å². The molecule has 1 aromatic carbocycles. The van der Waals surface area contributed by atoms with Crippen LogP contribution < -0.4 is 5.32 Å². The summed E-state index contributed by atoms with van der Waals surface area (Å²) < 4.78 is 39.6. The molecule has 0 bridgehead atoms. The van der Waals surface area contributed by atoms with Crippen LogP contribution in [0.3, 0.4) is 0 Å². The van der Waals surface area contributed by atoms with Gasteiger partial charge < -0.3 is 5.32 Å². The molecule has 3 unspecified atom stereocenters. The molecule has 0 aliphatic heterocycles. The van der Waals surface area contributed by atoms with Crippen LogP contribution in [0.1, 0.15) is 38.7 Å². The lowest BCUT2D eigenvalue weighted by atomic mass is 9.79. The minimum atomic E-state index is -4.33. The first-order valence-corrected chi connectivity index (χ1v) is 7.70. The minimum absolute atomic E-state index is 0.128. The third-order valence-electron chi connectivity index (χ3n) is 4.24. The van der Waals surface area contributed by atoms with Crippen LogP contribution in [0.2, 0.25) is 0 Å². The number of rotatable bonds is 2. The van der Waals surface area contributed by atoms with Gasteiger partial charge in [-0.25, -0.2) is 0 Å². The summed E-state index contributed by atoms with van der Waals surface area (Å²) in [7, 11) is 0. The van der Waals surface area contributed by atoms with E-state index in [-0.39, 0.29) is 11.7 Å². The summed E-state index contributed by atoms with van der Waals surface area (Å²) in [5, 5.41) is 3.09. The molecule has 1 saturated carbocycles. The van der Waals surface area contributed by atoms with Crippen molar-refractivity contribution < 1.29 is 13.2 Å². The third kappa shape index (κ3) is 3.68. The van der Waals surface area contributed by atoms with Gasteiger partial charge in [0, 0.05) is 16.2 Å². The van der Waals surface area contributed by atoms with Crippen molar-refractivity contribution >= 4 is 21.6 Å². The SMILES string of the molecule is CC1CCC(Nc2ccc(Br)cc2C(F)(F)F)CC1C. The Labute approximate surface area is 126 Å². The van der Waals surface area contributed by atoms with Crippen molar-refractivity contribution in [2.45, 2.75) is 45.3 Å². The topological polar surface area (TPSA) is 12.0 Å².